The Bertz CT molecular complexity index is 1170. The Balaban J connectivity index is 1.58. The van der Waals surface area contributed by atoms with Crippen molar-refractivity contribution in [1.29, 1.82) is 0 Å². The summed E-state index contributed by atoms with van der Waals surface area (Å²) in [7, 11) is -3.78. The summed E-state index contributed by atoms with van der Waals surface area (Å²) in [5.41, 5.74) is 1.08. The molecule has 0 radical (unpaired) electrons. The molecule has 1 aromatic carbocycles. The second-order valence-corrected chi connectivity index (χ2v) is 8.67. The van der Waals surface area contributed by atoms with Crippen molar-refractivity contribution >= 4 is 27.5 Å². The monoisotopic (exact) mass is 472 g/mol. The molecule has 0 unspecified atom stereocenters. The van der Waals surface area contributed by atoms with Crippen LogP contribution in [-0.4, -0.2) is 49.7 Å². The smallest absolute Gasteiger partial charge is 0.244 e. The van der Waals surface area contributed by atoms with Crippen LogP contribution in [0.4, 0.5) is 17.5 Å². The Morgan fingerprint density at radius 3 is 2.39 bits per heavy atom. The van der Waals surface area contributed by atoms with E-state index in [0.717, 1.165) is 5.56 Å². The van der Waals surface area contributed by atoms with Gasteiger partial charge in [-0.2, -0.15) is 0 Å². The van der Waals surface area contributed by atoms with Gasteiger partial charge in [0, 0.05) is 31.4 Å². The van der Waals surface area contributed by atoms with Crippen molar-refractivity contribution in [3.8, 4) is 11.5 Å². The van der Waals surface area contributed by atoms with Crippen molar-refractivity contribution in [1.82, 2.24) is 19.7 Å². The van der Waals surface area contributed by atoms with Crippen molar-refractivity contribution in [3.05, 3.63) is 54.5 Å². The molecule has 3 N–H and O–H groups in total. The van der Waals surface area contributed by atoms with Crippen LogP contribution < -0.4 is 24.8 Å². The number of anilines is 3. The molecule has 10 nitrogen and oxygen atoms in total. The predicted molar refractivity (Wildman–Crippen MR) is 127 cm³/mol. The third-order valence-corrected chi connectivity index (χ3v) is 5.88. The summed E-state index contributed by atoms with van der Waals surface area (Å²) in [4.78, 5) is 12.7. The lowest BCUT2D eigenvalue weighted by molar-refractivity contribution is 0.317. The molecule has 0 fully saturated rings. The highest BCUT2D eigenvalue weighted by molar-refractivity contribution is 7.89. The maximum absolute atomic E-state index is 12.8. The van der Waals surface area contributed by atoms with Crippen LogP contribution in [0.2, 0.25) is 0 Å². The molecule has 0 bridgehead atoms. The maximum atomic E-state index is 12.8. The van der Waals surface area contributed by atoms with Crippen molar-refractivity contribution in [2.24, 2.45) is 0 Å². The molecular weight excluding hydrogens is 444 g/mol. The summed E-state index contributed by atoms with van der Waals surface area (Å²) >= 11 is 0. The van der Waals surface area contributed by atoms with E-state index in [0.29, 0.717) is 43.0 Å². The largest absolute Gasteiger partial charge is 0.494 e. The van der Waals surface area contributed by atoms with Gasteiger partial charge < -0.3 is 20.1 Å². The zero-order chi connectivity index (χ0) is 23.7. The molecule has 2 heterocycles. The molecule has 0 saturated carbocycles. The van der Waals surface area contributed by atoms with Gasteiger partial charge in [0.05, 0.1) is 13.2 Å². The number of sulfonamides is 1. The van der Waals surface area contributed by atoms with Gasteiger partial charge in [0.25, 0.3) is 0 Å². The minimum atomic E-state index is -3.78. The lowest BCUT2D eigenvalue weighted by Gasteiger charge is -2.14. The number of aromatic nitrogens is 3. The predicted octanol–water partition coefficient (Wildman–Crippen LogP) is 3.11. The molecule has 176 valence electrons. The summed E-state index contributed by atoms with van der Waals surface area (Å²) in [6.07, 6.45) is 3.13. The van der Waals surface area contributed by atoms with Crippen LogP contribution >= 0.6 is 0 Å². The summed E-state index contributed by atoms with van der Waals surface area (Å²) in [5.74, 6) is 2.60. The van der Waals surface area contributed by atoms with Crippen molar-refractivity contribution in [3.63, 3.8) is 0 Å². The van der Waals surface area contributed by atoms with E-state index < -0.39 is 10.0 Å². The number of benzene rings is 1. The van der Waals surface area contributed by atoms with E-state index in [1.165, 1.54) is 12.4 Å². The maximum Gasteiger partial charge on any atom is 0.244 e. The first kappa shape index (κ1) is 24.2. The van der Waals surface area contributed by atoms with Crippen molar-refractivity contribution < 1.29 is 17.9 Å². The van der Waals surface area contributed by atoms with E-state index >= 15 is 0 Å². The van der Waals surface area contributed by atoms with Crippen LogP contribution in [0.5, 0.6) is 11.5 Å². The molecule has 0 aliphatic rings. The van der Waals surface area contributed by atoms with E-state index in [4.69, 9.17) is 9.47 Å². The van der Waals surface area contributed by atoms with E-state index in [1.807, 2.05) is 26.0 Å². The van der Waals surface area contributed by atoms with Crippen LogP contribution in [0.3, 0.4) is 0 Å². The Morgan fingerprint density at radius 1 is 0.879 bits per heavy atom. The molecular formula is C22H28N6O4S. The first-order valence-corrected chi connectivity index (χ1v) is 12.0. The number of nitrogens with zero attached hydrogens (tertiary/aromatic N) is 3. The van der Waals surface area contributed by atoms with E-state index in [2.05, 4.69) is 30.3 Å². The zero-order valence-corrected chi connectivity index (χ0v) is 19.6. The number of nitrogens with one attached hydrogen (secondary N) is 3. The highest BCUT2D eigenvalue weighted by atomic mass is 32.2. The topological polar surface area (TPSA) is 127 Å². The molecule has 0 atom stereocenters. The third-order valence-electron chi connectivity index (χ3n) is 4.38. The number of rotatable bonds is 12. The quantitative estimate of drug-likeness (QED) is 0.341. The first-order chi connectivity index (χ1) is 15.9. The third kappa shape index (κ3) is 7.02. The lowest BCUT2D eigenvalue weighted by atomic mass is 10.3. The summed E-state index contributed by atoms with van der Waals surface area (Å²) in [6, 6.07) is 10.2. The summed E-state index contributed by atoms with van der Waals surface area (Å²) < 4.78 is 39.1. The SMILES string of the molecule is CCOc1ccc(S(=O)(=O)NCCNc2cc(Nc3cc(C)ccn3)ncn2)c(OCC)c1. The molecule has 3 aromatic rings. The number of aryl methyl sites for hydroxylation is 1. The number of hydrogen-bond donors (Lipinski definition) is 3. The first-order valence-electron chi connectivity index (χ1n) is 10.6. The van der Waals surface area contributed by atoms with Crippen LogP contribution in [0, 0.1) is 6.92 Å². The molecule has 0 saturated heterocycles. The lowest BCUT2D eigenvalue weighted by Crippen LogP contribution is -2.29. The van der Waals surface area contributed by atoms with Gasteiger partial charge in [-0.15, -0.1) is 0 Å². The molecule has 3 rings (SSSR count). The molecule has 0 aliphatic carbocycles. The Morgan fingerprint density at radius 2 is 1.64 bits per heavy atom. The van der Waals surface area contributed by atoms with Gasteiger partial charge in [-0.1, -0.05) is 0 Å². The second-order valence-electron chi connectivity index (χ2n) is 6.93. The Kier molecular flexibility index (Phi) is 8.39. The molecule has 0 aliphatic heterocycles. The molecule has 0 amide bonds. The highest BCUT2D eigenvalue weighted by Gasteiger charge is 2.20. The normalized spacial score (nSPS) is 11.1. The zero-order valence-electron chi connectivity index (χ0n) is 18.8. The average Bonchev–Trinajstić information content (AvgIpc) is 2.78. The standard InChI is InChI=1S/C22H28N6O4S/c1-4-31-17-6-7-19(18(13-17)32-5-2)33(29,30)27-11-10-24-20-14-22(26-15-25-20)28-21-12-16(3)8-9-23-21/h6-9,12-15,27H,4-5,10-11H2,1-3H3,(H2,23,24,25,26,28). The summed E-state index contributed by atoms with van der Waals surface area (Å²) in [5, 5.41) is 6.20. The second kappa shape index (κ2) is 11.4. The molecule has 0 spiro atoms. The van der Waals surface area contributed by atoms with Gasteiger partial charge in [0.15, 0.2) is 0 Å². The minimum absolute atomic E-state index is 0.0620. The number of ether oxygens (including phenoxy) is 2. The Labute approximate surface area is 193 Å². The van der Waals surface area contributed by atoms with Crippen LogP contribution in [-0.2, 0) is 10.0 Å². The van der Waals surface area contributed by atoms with Crippen molar-refractivity contribution in [2.75, 3.05) is 36.9 Å². The highest BCUT2D eigenvalue weighted by Crippen LogP contribution is 2.28. The van der Waals surface area contributed by atoms with Gasteiger partial charge in [-0.05, 0) is 50.6 Å². The molecule has 2 aromatic heterocycles. The molecule has 11 heteroatoms. The summed E-state index contributed by atoms with van der Waals surface area (Å²) in [6.45, 7) is 6.90. The molecule has 33 heavy (non-hydrogen) atoms. The van der Waals surface area contributed by atoms with E-state index in [-0.39, 0.29) is 17.2 Å². The fourth-order valence-electron chi connectivity index (χ4n) is 2.95. The number of pyridine rings is 1. The van der Waals surface area contributed by atoms with Crippen LogP contribution in [0.25, 0.3) is 0 Å². The van der Waals surface area contributed by atoms with Crippen LogP contribution in [0.1, 0.15) is 19.4 Å². The Hall–Kier alpha value is -3.44. The van der Waals surface area contributed by atoms with Crippen molar-refractivity contribution in [2.45, 2.75) is 25.7 Å². The fraction of sp³-hybridized carbons (Fsp3) is 0.318. The minimum Gasteiger partial charge on any atom is -0.494 e. The van der Waals surface area contributed by atoms with Gasteiger partial charge in [-0.25, -0.2) is 28.1 Å². The van der Waals surface area contributed by atoms with E-state index in [9.17, 15) is 8.42 Å². The van der Waals surface area contributed by atoms with Gasteiger partial charge in [0.1, 0.15) is 40.2 Å². The van der Waals surface area contributed by atoms with Gasteiger partial charge in [0.2, 0.25) is 10.0 Å². The van der Waals surface area contributed by atoms with Gasteiger partial charge in [-0.3, -0.25) is 0 Å². The average molecular weight is 473 g/mol. The number of hydrogen-bond acceptors (Lipinski definition) is 9. The van der Waals surface area contributed by atoms with Crippen LogP contribution in [0.15, 0.2) is 53.8 Å². The van der Waals surface area contributed by atoms with E-state index in [1.54, 1.807) is 31.3 Å². The fourth-order valence-corrected chi connectivity index (χ4v) is 4.10. The van der Waals surface area contributed by atoms with Gasteiger partial charge >= 0.3 is 0 Å².